The lowest BCUT2D eigenvalue weighted by atomic mass is 9.88. The van der Waals surface area contributed by atoms with Gasteiger partial charge in [0.2, 0.25) is 0 Å². The van der Waals surface area contributed by atoms with E-state index >= 15 is 0 Å². The Labute approximate surface area is 185 Å². The normalized spacial score (nSPS) is 12.3. The van der Waals surface area contributed by atoms with Gasteiger partial charge in [0.05, 0.1) is 0 Å². The Morgan fingerprint density at radius 2 is 1.55 bits per heavy atom. The van der Waals surface area contributed by atoms with Gasteiger partial charge in [-0.05, 0) is 61.0 Å². The van der Waals surface area contributed by atoms with Crippen molar-refractivity contribution in [3.63, 3.8) is 0 Å². The lowest BCUT2D eigenvalue weighted by Crippen LogP contribution is -2.19. The SMILES string of the molecule is CCC(=C(c1ccc(OCCN(C)C)cc1)c1c[nH]c2ccccc12)c1ccccc1. The van der Waals surface area contributed by atoms with Gasteiger partial charge in [0.1, 0.15) is 12.4 Å². The van der Waals surface area contributed by atoms with Crippen LogP contribution in [0.15, 0.2) is 85.1 Å². The summed E-state index contributed by atoms with van der Waals surface area (Å²) in [7, 11) is 4.11. The third-order valence-corrected chi connectivity index (χ3v) is 5.59. The number of fused-ring (bicyclic) bond motifs is 1. The third kappa shape index (κ3) is 4.73. The Bertz CT molecular complexity index is 1150. The molecule has 4 rings (SSSR count). The van der Waals surface area contributed by atoms with E-state index < -0.39 is 0 Å². The number of H-pyrrole nitrogens is 1. The van der Waals surface area contributed by atoms with E-state index in [0.717, 1.165) is 24.2 Å². The number of hydrogen-bond donors (Lipinski definition) is 1. The third-order valence-electron chi connectivity index (χ3n) is 5.59. The van der Waals surface area contributed by atoms with Crippen molar-refractivity contribution in [1.82, 2.24) is 9.88 Å². The molecule has 0 atom stereocenters. The highest BCUT2D eigenvalue weighted by Crippen LogP contribution is 2.38. The van der Waals surface area contributed by atoms with E-state index in [1.54, 1.807) is 0 Å². The highest BCUT2D eigenvalue weighted by atomic mass is 16.5. The molecule has 0 saturated heterocycles. The van der Waals surface area contributed by atoms with Crippen molar-refractivity contribution < 1.29 is 4.74 Å². The highest BCUT2D eigenvalue weighted by Gasteiger charge is 2.16. The summed E-state index contributed by atoms with van der Waals surface area (Å²) >= 11 is 0. The minimum atomic E-state index is 0.682. The summed E-state index contributed by atoms with van der Waals surface area (Å²) in [5.41, 5.74) is 7.46. The Morgan fingerprint density at radius 1 is 0.839 bits per heavy atom. The number of benzene rings is 3. The number of nitrogens with zero attached hydrogens (tertiary/aromatic N) is 1. The maximum atomic E-state index is 5.92. The largest absolute Gasteiger partial charge is 0.492 e. The first-order valence-corrected chi connectivity index (χ1v) is 10.9. The zero-order chi connectivity index (χ0) is 21.6. The predicted molar refractivity (Wildman–Crippen MR) is 131 cm³/mol. The van der Waals surface area contributed by atoms with Crippen molar-refractivity contribution in [2.24, 2.45) is 0 Å². The average Bonchev–Trinajstić information content (AvgIpc) is 3.22. The first-order chi connectivity index (χ1) is 15.2. The van der Waals surface area contributed by atoms with Gasteiger partial charge in [-0.1, -0.05) is 67.6 Å². The van der Waals surface area contributed by atoms with Crippen molar-refractivity contribution in [2.45, 2.75) is 13.3 Å². The molecule has 0 aliphatic carbocycles. The molecule has 4 aromatic rings. The van der Waals surface area contributed by atoms with E-state index in [1.165, 1.54) is 33.2 Å². The molecular weight excluding hydrogens is 380 g/mol. The van der Waals surface area contributed by atoms with Gasteiger partial charge in [0.25, 0.3) is 0 Å². The number of allylic oxidation sites excluding steroid dienone is 1. The smallest absolute Gasteiger partial charge is 0.119 e. The standard InChI is InChI=1S/C28H30N2O/c1-4-24(21-10-6-5-7-11-21)28(26-20-29-27-13-9-8-12-25(26)27)22-14-16-23(17-15-22)31-19-18-30(2)3/h5-17,20,29H,4,18-19H2,1-3H3. The van der Waals surface area contributed by atoms with Crippen LogP contribution in [0.1, 0.15) is 30.0 Å². The lowest BCUT2D eigenvalue weighted by molar-refractivity contribution is 0.261. The van der Waals surface area contributed by atoms with E-state index in [4.69, 9.17) is 4.74 Å². The molecule has 0 radical (unpaired) electrons. The molecule has 3 aromatic carbocycles. The molecule has 0 unspecified atom stereocenters. The second-order valence-corrected chi connectivity index (χ2v) is 8.00. The maximum absolute atomic E-state index is 5.92. The molecule has 0 aliphatic rings. The molecule has 31 heavy (non-hydrogen) atoms. The minimum Gasteiger partial charge on any atom is -0.492 e. The van der Waals surface area contributed by atoms with Crippen LogP contribution in [0.3, 0.4) is 0 Å². The Balaban J connectivity index is 1.81. The van der Waals surface area contributed by atoms with Crippen molar-refractivity contribution in [3.8, 4) is 5.75 Å². The van der Waals surface area contributed by atoms with Crippen molar-refractivity contribution >= 4 is 22.0 Å². The number of rotatable bonds is 8. The summed E-state index contributed by atoms with van der Waals surface area (Å²) in [6.07, 6.45) is 3.08. The van der Waals surface area contributed by atoms with Crippen LogP contribution in [0.5, 0.6) is 5.75 Å². The number of ether oxygens (including phenoxy) is 1. The Kier molecular flexibility index (Phi) is 6.54. The van der Waals surface area contributed by atoms with Crippen LogP contribution < -0.4 is 4.74 Å². The quantitative estimate of drug-likeness (QED) is 0.337. The first kappa shape index (κ1) is 21.0. The van der Waals surface area contributed by atoms with Crippen LogP contribution in [-0.4, -0.2) is 37.1 Å². The zero-order valence-electron chi connectivity index (χ0n) is 18.6. The van der Waals surface area contributed by atoms with Gasteiger partial charge in [0.15, 0.2) is 0 Å². The Morgan fingerprint density at radius 3 is 2.26 bits per heavy atom. The number of para-hydroxylation sites is 1. The van der Waals surface area contributed by atoms with Crippen LogP contribution in [0.4, 0.5) is 0 Å². The van der Waals surface area contributed by atoms with Crippen molar-refractivity contribution in [1.29, 1.82) is 0 Å². The highest BCUT2D eigenvalue weighted by molar-refractivity contribution is 6.06. The van der Waals surface area contributed by atoms with Gasteiger partial charge < -0.3 is 14.6 Å². The van der Waals surface area contributed by atoms with E-state index in [0.29, 0.717) is 6.61 Å². The van der Waals surface area contributed by atoms with Gasteiger partial charge >= 0.3 is 0 Å². The number of hydrogen-bond acceptors (Lipinski definition) is 2. The summed E-state index contributed by atoms with van der Waals surface area (Å²) in [6.45, 7) is 3.81. The van der Waals surface area contributed by atoms with Crippen LogP contribution in [0.25, 0.3) is 22.0 Å². The molecule has 3 heteroatoms. The van der Waals surface area contributed by atoms with Crippen molar-refractivity contribution in [2.75, 3.05) is 27.2 Å². The molecule has 158 valence electrons. The van der Waals surface area contributed by atoms with E-state index in [1.807, 2.05) is 0 Å². The first-order valence-electron chi connectivity index (χ1n) is 10.9. The molecule has 0 spiro atoms. The van der Waals surface area contributed by atoms with Gasteiger partial charge in [-0.3, -0.25) is 0 Å². The zero-order valence-corrected chi connectivity index (χ0v) is 18.6. The number of nitrogens with one attached hydrogen (secondary N) is 1. The predicted octanol–water partition coefficient (Wildman–Crippen LogP) is 6.48. The summed E-state index contributed by atoms with van der Waals surface area (Å²) in [5.74, 6) is 0.904. The number of aromatic amines is 1. The fraction of sp³-hybridized carbons (Fsp3) is 0.214. The van der Waals surface area contributed by atoms with E-state index in [-0.39, 0.29) is 0 Å². The van der Waals surface area contributed by atoms with Gasteiger partial charge in [-0.15, -0.1) is 0 Å². The molecule has 1 aromatic heterocycles. The van der Waals surface area contributed by atoms with Crippen LogP contribution in [0, 0.1) is 0 Å². The summed E-state index contributed by atoms with van der Waals surface area (Å²) in [4.78, 5) is 5.58. The second kappa shape index (κ2) is 9.67. The molecule has 1 heterocycles. The fourth-order valence-electron chi connectivity index (χ4n) is 4.00. The average molecular weight is 411 g/mol. The molecule has 0 fully saturated rings. The molecule has 3 nitrogen and oxygen atoms in total. The molecule has 0 bridgehead atoms. The monoisotopic (exact) mass is 410 g/mol. The van der Waals surface area contributed by atoms with Crippen molar-refractivity contribution in [3.05, 3.63) is 102 Å². The van der Waals surface area contributed by atoms with Crippen LogP contribution in [0.2, 0.25) is 0 Å². The number of likely N-dealkylation sites (N-methyl/N-ethyl adjacent to an activating group) is 1. The molecular formula is C28H30N2O. The van der Waals surface area contributed by atoms with Crippen LogP contribution >= 0.6 is 0 Å². The van der Waals surface area contributed by atoms with E-state index in [9.17, 15) is 0 Å². The van der Waals surface area contributed by atoms with Gasteiger partial charge in [0, 0.05) is 29.2 Å². The Hall–Kier alpha value is -3.30. The van der Waals surface area contributed by atoms with E-state index in [2.05, 4.69) is 116 Å². The second-order valence-electron chi connectivity index (χ2n) is 8.00. The maximum Gasteiger partial charge on any atom is 0.119 e. The molecule has 0 saturated carbocycles. The minimum absolute atomic E-state index is 0.682. The molecule has 1 N–H and O–H groups in total. The van der Waals surface area contributed by atoms with Crippen LogP contribution in [-0.2, 0) is 0 Å². The molecule has 0 aliphatic heterocycles. The fourth-order valence-corrected chi connectivity index (χ4v) is 4.00. The topological polar surface area (TPSA) is 28.3 Å². The lowest BCUT2D eigenvalue weighted by Gasteiger charge is -2.16. The summed E-state index contributed by atoms with van der Waals surface area (Å²) in [6, 6.07) is 27.7. The molecule has 0 amide bonds. The van der Waals surface area contributed by atoms with Gasteiger partial charge in [-0.25, -0.2) is 0 Å². The summed E-state index contributed by atoms with van der Waals surface area (Å²) in [5, 5.41) is 1.24. The van der Waals surface area contributed by atoms with Gasteiger partial charge in [-0.2, -0.15) is 0 Å². The number of aromatic nitrogens is 1. The summed E-state index contributed by atoms with van der Waals surface area (Å²) < 4.78 is 5.92.